The molecule has 1 atom stereocenters. The van der Waals surface area contributed by atoms with E-state index in [1.54, 1.807) is 0 Å². The molecule has 16 heavy (non-hydrogen) atoms. The molecule has 4 nitrogen and oxygen atoms in total. The summed E-state index contributed by atoms with van der Waals surface area (Å²) >= 11 is 0. The third-order valence-corrected chi connectivity index (χ3v) is 3.25. The van der Waals surface area contributed by atoms with Gasteiger partial charge in [-0.1, -0.05) is 0 Å². The average Bonchev–Trinajstić information content (AvgIpc) is 2.92. The first-order chi connectivity index (χ1) is 7.86. The minimum atomic E-state index is 0.319. The topological polar surface area (TPSA) is 55.7 Å². The van der Waals surface area contributed by atoms with Crippen LogP contribution in [0, 0.1) is 0 Å². The van der Waals surface area contributed by atoms with Crippen LogP contribution in [0.5, 0.6) is 0 Å². The molecule has 2 fully saturated rings. The maximum atomic E-state index is 8.49. The standard InChI is InChI=1S/2C6H13NO/c8-5-3-6-2-1-4-7-6;8-6-5-7-3-1-2-4-7/h6-8H,1-5H2;8H,1-6H2. The quantitative estimate of drug-likeness (QED) is 0.645. The highest BCUT2D eigenvalue weighted by Gasteiger charge is 2.11. The van der Waals surface area contributed by atoms with Crippen molar-refractivity contribution in [3.8, 4) is 0 Å². The summed E-state index contributed by atoms with van der Waals surface area (Å²) in [5.41, 5.74) is 0. The Kier molecular flexibility index (Phi) is 7.76. The summed E-state index contributed by atoms with van der Waals surface area (Å²) in [5.74, 6) is 0. The van der Waals surface area contributed by atoms with Crippen molar-refractivity contribution in [1.29, 1.82) is 0 Å². The molecule has 2 heterocycles. The first-order valence-corrected chi connectivity index (χ1v) is 6.54. The van der Waals surface area contributed by atoms with Gasteiger partial charge in [0.2, 0.25) is 0 Å². The molecule has 0 aliphatic carbocycles. The van der Waals surface area contributed by atoms with E-state index in [9.17, 15) is 0 Å². The highest BCUT2D eigenvalue weighted by atomic mass is 16.3. The lowest BCUT2D eigenvalue weighted by atomic mass is 10.2. The summed E-state index contributed by atoms with van der Waals surface area (Å²) in [7, 11) is 0. The molecule has 0 aromatic heterocycles. The minimum Gasteiger partial charge on any atom is -0.396 e. The number of aliphatic hydroxyl groups is 2. The first kappa shape index (κ1) is 13.9. The monoisotopic (exact) mass is 230 g/mol. The van der Waals surface area contributed by atoms with Gasteiger partial charge in [0.25, 0.3) is 0 Å². The highest BCUT2D eigenvalue weighted by Crippen LogP contribution is 2.07. The zero-order valence-corrected chi connectivity index (χ0v) is 10.2. The molecule has 2 aliphatic heterocycles. The zero-order valence-electron chi connectivity index (χ0n) is 10.2. The van der Waals surface area contributed by atoms with Crippen molar-refractivity contribution in [2.45, 2.75) is 38.1 Å². The average molecular weight is 230 g/mol. The fourth-order valence-electron chi connectivity index (χ4n) is 2.31. The van der Waals surface area contributed by atoms with Crippen molar-refractivity contribution >= 4 is 0 Å². The lowest BCUT2D eigenvalue weighted by molar-refractivity contribution is 0.221. The minimum absolute atomic E-state index is 0.319. The molecule has 0 aromatic carbocycles. The predicted molar refractivity (Wildman–Crippen MR) is 65.5 cm³/mol. The number of likely N-dealkylation sites (tertiary alicyclic amines) is 1. The molecule has 0 bridgehead atoms. The molecule has 2 aliphatic rings. The molecule has 1 unspecified atom stereocenters. The van der Waals surface area contributed by atoms with Crippen molar-refractivity contribution in [3.05, 3.63) is 0 Å². The van der Waals surface area contributed by atoms with Crippen LogP contribution in [0.4, 0.5) is 0 Å². The number of nitrogens with one attached hydrogen (secondary N) is 1. The van der Waals surface area contributed by atoms with Gasteiger partial charge in [-0.2, -0.15) is 0 Å². The molecular weight excluding hydrogens is 204 g/mol. The first-order valence-electron chi connectivity index (χ1n) is 6.54. The van der Waals surface area contributed by atoms with Crippen LogP contribution in [0.25, 0.3) is 0 Å². The largest absolute Gasteiger partial charge is 0.396 e. The molecular formula is C12H26N2O2. The zero-order chi connectivity index (χ0) is 11.6. The van der Waals surface area contributed by atoms with Gasteiger partial charge in [0.05, 0.1) is 6.61 Å². The molecule has 0 saturated carbocycles. The van der Waals surface area contributed by atoms with E-state index in [4.69, 9.17) is 10.2 Å². The molecule has 96 valence electrons. The maximum absolute atomic E-state index is 8.49. The van der Waals surface area contributed by atoms with Crippen molar-refractivity contribution in [1.82, 2.24) is 10.2 Å². The van der Waals surface area contributed by atoms with Gasteiger partial charge in [0.1, 0.15) is 0 Å². The normalized spacial score (nSPS) is 25.5. The van der Waals surface area contributed by atoms with Gasteiger partial charge in [-0.15, -0.1) is 0 Å². The molecule has 0 amide bonds. The van der Waals surface area contributed by atoms with E-state index in [0.29, 0.717) is 19.3 Å². The lowest BCUT2D eigenvalue weighted by Crippen LogP contribution is -2.22. The second kappa shape index (κ2) is 8.93. The number of aliphatic hydroxyl groups excluding tert-OH is 2. The molecule has 4 heteroatoms. The second-order valence-corrected chi connectivity index (χ2v) is 4.58. The van der Waals surface area contributed by atoms with E-state index in [1.807, 2.05) is 0 Å². The Balaban J connectivity index is 0.000000160. The van der Waals surface area contributed by atoms with Crippen LogP contribution < -0.4 is 5.32 Å². The third-order valence-electron chi connectivity index (χ3n) is 3.25. The number of hydrogen-bond acceptors (Lipinski definition) is 4. The Morgan fingerprint density at radius 3 is 2.31 bits per heavy atom. The summed E-state index contributed by atoms with van der Waals surface area (Å²) < 4.78 is 0. The SMILES string of the molecule is OCCC1CCCN1.OCCN1CCCC1. The molecule has 2 saturated heterocycles. The van der Waals surface area contributed by atoms with Crippen LogP contribution in [0.15, 0.2) is 0 Å². The van der Waals surface area contributed by atoms with E-state index in [1.165, 1.54) is 38.8 Å². The smallest absolute Gasteiger partial charge is 0.0558 e. The summed E-state index contributed by atoms with van der Waals surface area (Å²) in [4.78, 5) is 2.29. The van der Waals surface area contributed by atoms with E-state index in [2.05, 4.69) is 10.2 Å². The second-order valence-electron chi connectivity index (χ2n) is 4.58. The van der Waals surface area contributed by atoms with Crippen LogP contribution >= 0.6 is 0 Å². The number of nitrogens with zero attached hydrogens (tertiary/aromatic N) is 1. The summed E-state index contributed by atoms with van der Waals surface area (Å²) in [6, 6.07) is 0.611. The fourth-order valence-corrected chi connectivity index (χ4v) is 2.31. The van der Waals surface area contributed by atoms with Crippen molar-refractivity contribution in [3.63, 3.8) is 0 Å². The third kappa shape index (κ3) is 5.80. The van der Waals surface area contributed by atoms with Crippen LogP contribution in [0.1, 0.15) is 32.1 Å². The van der Waals surface area contributed by atoms with E-state index in [-0.39, 0.29) is 0 Å². The summed E-state index contributed by atoms with van der Waals surface area (Å²) in [6.07, 6.45) is 6.10. The van der Waals surface area contributed by atoms with Gasteiger partial charge in [-0.3, -0.25) is 0 Å². The Hall–Kier alpha value is -0.160. The Morgan fingerprint density at radius 1 is 1.06 bits per heavy atom. The van der Waals surface area contributed by atoms with E-state index < -0.39 is 0 Å². The Morgan fingerprint density at radius 2 is 1.81 bits per heavy atom. The van der Waals surface area contributed by atoms with Gasteiger partial charge in [-0.25, -0.2) is 0 Å². The Labute approximate surface area is 98.6 Å². The van der Waals surface area contributed by atoms with Crippen LogP contribution in [0.3, 0.4) is 0 Å². The van der Waals surface area contributed by atoms with Gasteiger partial charge >= 0.3 is 0 Å². The van der Waals surface area contributed by atoms with Gasteiger partial charge in [0, 0.05) is 19.2 Å². The molecule has 0 spiro atoms. The number of β-amino-alcohol motifs (C(OH)–C–C–N with tert-alkyl or cyclic N) is 1. The van der Waals surface area contributed by atoms with Gasteiger partial charge < -0.3 is 20.4 Å². The summed E-state index contributed by atoms with van der Waals surface area (Å²) in [5, 5.41) is 20.3. The lowest BCUT2D eigenvalue weighted by Gasteiger charge is -2.10. The molecule has 2 rings (SSSR count). The van der Waals surface area contributed by atoms with Crippen molar-refractivity contribution < 1.29 is 10.2 Å². The molecule has 0 aromatic rings. The number of hydrogen-bond donors (Lipinski definition) is 3. The van der Waals surface area contributed by atoms with Crippen LogP contribution in [-0.4, -0.2) is 60.5 Å². The fraction of sp³-hybridized carbons (Fsp3) is 1.00. The van der Waals surface area contributed by atoms with Crippen LogP contribution in [-0.2, 0) is 0 Å². The highest BCUT2D eigenvalue weighted by molar-refractivity contribution is 4.72. The Bertz CT molecular complexity index is 137. The van der Waals surface area contributed by atoms with Crippen molar-refractivity contribution in [2.24, 2.45) is 0 Å². The number of rotatable bonds is 4. The molecule has 0 radical (unpaired) electrons. The molecule has 3 N–H and O–H groups in total. The maximum Gasteiger partial charge on any atom is 0.0558 e. The van der Waals surface area contributed by atoms with E-state index >= 15 is 0 Å². The van der Waals surface area contributed by atoms with E-state index in [0.717, 1.165) is 19.5 Å². The summed E-state index contributed by atoms with van der Waals surface area (Å²) in [6.45, 7) is 5.06. The van der Waals surface area contributed by atoms with Crippen molar-refractivity contribution in [2.75, 3.05) is 39.4 Å². The van der Waals surface area contributed by atoms with Gasteiger partial charge in [-0.05, 0) is 51.7 Å². The van der Waals surface area contributed by atoms with Crippen LogP contribution in [0.2, 0.25) is 0 Å². The van der Waals surface area contributed by atoms with Gasteiger partial charge in [0.15, 0.2) is 0 Å². The predicted octanol–water partition coefficient (Wildman–Crippen LogP) is 0.195.